The molecule has 0 unspecified atom stereocenters. The number of hydrogen-bond donors (Lipinski definition) is 2. The van der Waals surface area contributed by atoms with Gasteiger partial charge in [0.05, 0.1) is 0 Å². The molecular formula is C11H13KN2OS2. The Labute approximate surface area is 155 Å². The minimum Gasteiger partial charge on any atom is -0.860 e. The number of hydrazone groups is 1. The van der Waals surface area contributed by atoms with E-state index in [1.165, 1.54) is 0 Å². The SMILES string of the molecule is CC(C)(C([O-])=NNC(=S)S)c1ccccc1.[K+]. The Morgan fingerprint density at radius 2 is 1.88 bits per heavy atom. The Hall–Kier alpha value is 0.566. The van der Waals surface area contributed by atoms with Crippen LogP contribution in [0.5, 0.6) is 0 Å². The fraction of sp³-hybridized carbons (Fsp3) is 0.273. The van der Waals surface area contributed by atoms with Gasteiger partial charge in [-0.1, -0.05) is 56.4 Å². The molecule has 0 aliphatic carbocycles. The average Bonchev–Trinajstić information content (AvgIpc) is 2.27. The molecular weight excluding hydrogens is 279 g/mol. The topological polar surface area (TPSA) is 47.5 Å². The van der Waals surface area contributed by atoms with Crippen LogP contribution >= 0.6 is 24.8 Å². The van der Waals surface area contributed by atoms with Crippen LogP contribution in [0.4, 0.5) is 0 Å². The summed E-state index contributed by atoms with van der Waals surface area (Å²) in [5.41, 5.74) is 2.63. The Bertz CT molecular complexity index is 407. The molecule has 0 aliphatic rings. The summed E-state index contributed by atoms with van der Waals surface area (Å²) in [6.07, 6.45) is 0. The largest absolute Gasteiger partial charge is 1.00 e. The average molecular weight is 292 g/mol. The summed E-state index contributed by atoms with van der Waals surface area (Å²) in [5, 5.41) is 15.5. The molecule has 0 radical (unpaired) electrons. The number of thiol groups is 1. The van der Waals surface area contributed by atoms with E-state index < -0.39 is 5.41 Å². The van der Waals surface area contributed by atoms with Crippen molar-refractivity contribution in [1.29, 1.82) is 0 Å². The van der Waals surface area contributed by atoms with E-state index in [9.17, 15) is 5.11 Å². The summed E-state index contributed by atoms with van der Waals surface area (Å²) >= 11 is 8.49. The molecule has 0 amide bonds. The van der Waals surface area contributed by atoms with E-state index in [1.54, 1.807) is 0 Å². The molecule has 0 heterocycles. The minimum absolute atomic E-state index is 0. The monoisotopic (exact) mass is 292 g/mol. The summed E-state index contributed by atoms with van der Waals surface area (Å²) in [4.78, 5) is 0. The van der Waals surface area contributed by atoms with E-state index in [1.807, 2.05) is 44.2 Å². The van der Waals surface area contributed by atoms with Gasteiger partial charge in [-0.05, 0) is 11.5 Å². The fourth-order valence-corrected chi connectivity index (χ4v) is 1.31. The van der Waals surface area contributed by atoms with Crippen LogP contribution in [0.25, 0.3) is 0 Å². The van der Waals surface area contributed by atoms with Crippen LogP contribution in [0, 0.1) is 0 Å². The first-order chi connectivity index (χ1) is 7.44. The molecule has 86 valence electrons. The predicted octanol–water partition coefficient (Wildman–Crippen LogP) is -1.55. The standard InChI is InChI=1S/C11H14N2OS2.K/c1-11(2,8-6-4-3-5-7-8)9(14)12-13-10(15)16;/h3-7H,1-2H3,(H,12,14)(H2,13,15,16);/q;+1/p-1. The van der Waals surface area contributed by atoms with Crippen LogP contribution in [0.1, 0.15) is 19.4 Å². The number of thiocarbonyl (C=S) groups is 1. The van der Waals surface area contributed by atoms with Crippen molar-refractivity contribution in [1.82, 2.24) is 5.43 Å². The van der Waals surface area contributed by atoms with E-state index in [-0.39, 0.29) is 61.6 Å². The molecule has 1 N–H and O–H groups in total. The van der Waals surface area contributed by atoms with Crippen molar-refractivity contribution < 1.29 is 56.5 Å². The fourth-order valence-electron chi connectivity index (χ4n) is 1.22. The van der Waals surface area contributed by atoms with Crippen molar-refractivity contribution in [2.45, 2.75) is 19.3 Å². The number of benzene rings is 1. The molecule has 0 bridgehead atoms. The number of nitrogens with zero attached hydrogens (tertiary/aromatic N) is 1. The van der Waals surface area contributed by atoms with E-state index in [0.29, 0.717) is 0 Å². The summed E-state index contributed by atoms with van der Waals surface area (Å²) in [7, 11) is 0. The minimum atomic E-state index is -0.674. The van der Waals surface area contributed by atoms with Crippen molar-refractivity contribution in [3.8, 4) is 0 Å². The second-order valence-electron chi connectivity index (χ2n) is 3.82. The van der Waals surface area contributed by atoms with Gasteiger partial charge in [-0.3, -0.25) is 5.43 Å². The van der Waals surface area contributed by atoms with Crippen LogP contribution in [0.15, 0.2) is 35.4 Å². The molecule has 1 aromatic rings. The second kappa shape index (κ2) is 7.88. The van der Waals surface area contributed by atoms with Gasteiger partial charge in [0.1, 0.15) is 0 Å². The number of rotatable bonds is 3. The van der Waals surface area contributed by atoms with E-state index in [4.69, 9.17) is 0 Å². The Morgan fingerprint density at radius 1 is 1.35 bits per heavy atom. The third-order valence-corrected chi connectivity index (χ3v) is 2.47. The van der Waals surface area contributed by atoms with Crippen LogP contribution in [-0.4, -0.2) is 10.2 Å². The van der Waals surface area contributed by atoms with Gasteiger partial charge in [0.15, 0.2) is 4.32 Å². The smallest absolute Gasteiger partial charge is 0.860 e. The molecule has 17 heavy (non-hydrogen) atoms. The maximum atomic E-state index is 11.8. The van der Waals surface area contributed by atoms with Gasteiger partial charge in [-0.15, -0.1) is 12.6 Å². The molecule has 0 aromatic heterocycles. The van der Waals surface area contributed by atoms with Crippen molar-refractivity contribution in [2.75, 3.05) is 0 Å². The maximum absolute atomic E-state index is 11.8. The predicted molar refractivity (Wildman–Crippen MR) is 71.6 cm³/mol. The molecule has 1 aromatic carbocycles. The van der Waals surface area contributed by atoms with Crippen molar-refractivity contribution in [3.05, 3.63) is 35.9 Å². The van der Waals surface area contributed by atoms with Crippen LogP contribution in [-0.2, 0) is 5.41 Å². The first kappa shape index (κ1) is 17.6. The summed E-state index contributed by atoms with van der Waals surface area (Å²) < 4.78 is 0.178. The number of nitrogens with one attached hydrogen (secondary N) is 1. The van der Waals surface area contributed by atoms with Crippen molar-refractivity contribution in [3.63, 3.8) is 0 Å². The third kappa shape index (κ3) is 5.38. The molecule has 0 aliphatic heterocycles. The Kier molecular flexibility index (Phi) is 8.15. The zero-order valence-electron chi connectivity index (χ0n) is 10.1. The van der Waals surface area contributed by atoms with Gasteiger partial charge >= 0.3 is 51.4 Å². The Balaban J connectivity index is 0.00000256. The first-order valence-electron chi connectivity index (χ1n) is 4.74. The van der Waals surface area contributed by atoms with E-state index in [2.05, 4.69) is 35.4 Å². The molecule has 0 saturated heterocycles. The quantitative estimate of drug-likeness (QED) is 0.177. The molecule has 0 saturated carbocycles. The first-order valence-corrected chi connectivity index (χ1v) is 5.60. The van der Waals surface area contributed by atoms with Gasteiger partial charge in [0.25, 0.3) is 0 Å². The van der Waals surface area contributed by atoms with E-state index >= 15 is 0 Å². The summed E-state index contributed by atoms with van der Waals surface area (Å²) in [5.74, 6) is -0.282. The van der Waals surface area contributed by atoms with Crippen LogP contribution < -0.4 is 61.9 Å². The maximum Gasteiger partial charge on any atom is 1.00 e. The zero-order chi connectivity index (χ0) is 12.2. The van der Waals surface area contributed by atoms with Crippen molar-refractivity contribution in [2.24, 2.45) is 5.10 Å². The molecule has 0 spiro atoms. The summed E-state index contributed by atoms with van der Waals surface area (Å²) in [6.45, 7) is 3.63. The molecule has 3 nitrogen and oxygen atoms in total. The van der Waals surface area contributed by atoms with E-state index in [0.717, 1.165) is 5.56 Å². The normalized spacial score (nSPS) is 11.6. The second-order valence-corrected chi connectivity index (χ2v) is 4.98. The van der Waals surface area contributed by atoms with Gasteiger partial charge in [0.2, 0.25) is 0 Å². The molecule has 0 fully saturated rings. The Morgan fingerprint density at radius 3 is 2.35 bits per heavy atom. The van der Waals surface area contributed by atoms with Gasteiger partial charge < -0.3 is 5.11 Å². The van der Waals surface area contributed by atoms with Crippen LogP contribution in [0.2, 0.25) is 0 Å². The summed E-state index contributed by atoms with van der Waals surface area (Å²) in [6, 6.07) is 9.48. The zero-order valence-corrected chi connectivity index (χ0v) is 14.9. The van der Waals surface area contributed by atoms with Gasteiger partial charge in [0, 0.05) is 5.41 Å². The third-order valence-electron chi connectivity index (χ3n) is 2.28. The molecule has 6 heteroatoms. The van der Waals surface area contributed by atoms with Crippen LogP contribution in [0.3, 0.4) is 0 Å². The van der Waals surface area contributed by atoms with Gasteiger partial charge in [-0.2, -0.15) is 5.10 Å². The van der Waals surface area contributed by atoms with Gasteiger partial charge in [-0.25, -0.2) is 0 Å². The number of hydrogen-bond acceptors (Lipinski definition) is 3. The molecule has 1 rings (SSSR count). The van der Waals surface area contributed by atoms with Crippen molar-refractivity contribution >= 4 is 35.1 Å². The molecule has 0 atom stereocenters.